The molecule has 0 unspecified atom stereocenters. The van der Waals surface area contributed by atoms with Crippen molar-refractivity contribution in [2.45, 2.75) is 31.7 Å². The molecule has 0 radical (unpaired) electrons. The number of nitro groups is 1. The van der Waals surface area contributed by atoms with E-state index in [1.165, 1.54) is 0 Å². The van der Waals surface area contributed by atoms with Crippen LogP contribution in [-0.2, 0) is 4.79 Å². The molecule has 8 nitrogen and oxygen atoms in total. The molecule has 0 spiro atoms. The van der Waals surface area contributed by atoms with Crippen molar-refractivity contribution in [3.05, 3.63) is 21.6 Å². The number of nitrogens with one attached hydrogen (secondary N) is 1. The van der Waals surface area contributed by atoms with Gasteiger partial charge in [-0.15, -0.1) is 0 Å². The lowest BCUT2D eigenvalue weighted by Gasteiger charge is -2.26. The summed E-state index contributed by atoms with van der Waals surface area (Å²) in [5.74, 6) is -1.05. The Morgan fingerprint density at radius 3 is 2.65 bits per heavy atom. The highest BCUT2D eigenvalue weighted by atomic mass is 35.5. The van der Waals surface area contributed by atoms with E-state index in [-0.39, 0.29) is 28.7 Å². The molecule has 0 atom stereocenters. The van der Waals surface area contributed by atoms with Crippen molar-refractivity contribution >= 4 is 29.1 Å². The SMILES string of the molecule is O=C(O)[C@H]1CC[C@H](Nc2nc(Cl)ncc2[N+](=O)[O-])CC1. The molecule has 0 bridgehead atoms. The molecule has 0 aliphatic heterocycles. The Balaban J connectivity index is 2.06. The summed E-state index contributed by atoms with van der Waals surface area (Å²) >= 11 is 5.64. The van der Waals surface area contributed by atoms with E-state index in [1.807, 2.05) is 0 Å². The third kappa shape index (κ3) is 3.32. The van der Waals surface area contributed by atoms with Gasteiger partial charge in [-0.05, 0) is 37.3 Å². The molecule has 1 heterocycles. The third-order valence-corrected chi connectivity index (χ3v) is 3.54. The minimum Gasteiger partial charge on any atom is -0.481 e. The topological polar surface area (TPSA) is 118 Å². The first kappa shape index (κ1) is 14.4. The molecular formula is C11H13ClN4O4. The van der Waals surface area contributed by atoms with Crippen LogP contribution in [-0.4, -0.2) is 32.0 Å². The number of hydrogen-bond donors (Lipinski definition) is 2. The number of carboxylic acids is 1. The Hall–Kier alpha value is -1.96. The number of anilines is 1. The molecule has 108 valence electrons. The maximum atomic E-state index is 10.9. The second-order valence-corrected chi connectivity index (χ2v) is 5.00. The van der Waals surface area contributed by atoms with Gasteiger partial charge in [0.15, 0.2) is 0 Å². The monoisotopic (exact) mass is 300 g/mol. The highest BCUT2D eigenvalue weighted by Gasteiger charge is 2.27. The van der Waals surface area contributed by atoms with Gasteiger partial charge in [0.05, 0.1) is 10.8 Å². The van der Waals surface area contributed by atoms with Crippen LogP contribution in [0.2, 0.25) is 5.28 Å². The molecule has 1 aliphatic rings. The van der Waals surface area contributed by atoms with Crippen LogP contribution >= 0.6 is 11.6 Å². The molecule has 1 aromatic rings. The zero-order valence-corrected chi connectivity index (χ0v) is 11.2. The number of aromatic nitrogens is 2. The van der Waals surface area contributed by atoms with Crippen LogP contribution in [0.3, 0.4) is 0 Å². The number of hydrogen-bond acceptors (Lipinski definition) is 6. The van der Waals surface area contributed by atoms with Gasteiger partial charge in [-0.25, -0.2) is 4.98 Å². The minimum atomic E-state index is -0.792. The van der Waals surface area contributed by atoms with Crippen LogP contribution in [0, 0.1) is 16.0 Å². The predicted molar refractivity (Wildman–Crippen MR) is 70.7 cm³/mol. The molecule has 2 N–H and O–H groups in total. The Kier molecular flexibility index (Phi) is 4.33. The zero-order valence-electron chi connectivity index (χ0n) is 10.5. The van der Waals surface area contributed by atoms with Gasteiger partial charge in [0.1, 0.15) is 6.20 Å². The van der Waals surface area contributed by atoms with Crippen LogP contribution in [0.15, 0.2) is 6.20 Å². The second kappa shape index (κ2) is 6.00. The largest absolute Gasteiger partial charge is 0.481 e. The van der Waals surface area contributed by atoms with Crippen LogP contribution < -0.4 is 5.32 Å². The van der Waals surface area contributed by atoms with Gasteiger partial charge in [-0.2, -0.15) is 4.98 Å². The first-order valence-electron chi connectivity index (χ1n) is 6.13. The highest BCUT2D eigenvalue weighted by Crippen LogP contribution is 2.29. The molecule has 0 amide bonds. The molecule has 0 saturated heterocycles. The average Bonchev–Trinajstić information content (AvgIpc) is 2.39. The summed E-state index contributed by atoms with van der Waals surface area (Å²) in [6.45, 7) is 0. The maximum absolute atomic E-state index is 10.9. The lowest BCUT2D eigenvalue weighted by atomic mass is 9.86. The Morgan fingerprint density at radius 1 is 1.45 bits per heavy atom. The van der Waals surface area contributed by atoms with E-state index in [0.717, 1.165) is 6.20 Å². The second-order valence-electron chi connectivity index (χ2n) is 4.66. The summed E-state index contributed by atoms with van der Waals surface area (Å²) in [7, 11) is 0. The molecule has 9 heteroatoms. The summed E-state index contributed by atoms with van der Waals surface area (Å²) in [4.78, 5) is 28.6. The summed E-state index contributed by atoms with van der Waals surface area (Å²) in [6, 6.07) is -0.0460. The van der Waals surface area contributed by atoms with Crippen molar-refractivity contribution in [2.75, 3.05) is 5.32 Å². The van der Waals surface area contributed by atoms with Gasteiger partial charge in [0, 0.05) is 6.04 Å². The van der Waals surface area contributed by atoms with E-state index < -0.39 is 10.9 Å². The van der Waals surface area contributed by atoms with Crippen molar-refractivity contribution in [1.29, 1.82) is 0 Å². The molecule has 20 heavy (non-hydrogen) atoms. The van der Waals surface area contributed by atoms with Crippen molar-refractivity contribution in [1.82, 2.24) is 9.97 Å². The van der Waals surface area contributed by atoms with Crippen molar-refractivity contribution in [3.8, 4) is 0 Å². The minimum absolute atomic E-state index is 0.0460. The van der Waals surface area contributed by atoms with E-state index in [1.54, 1.807) is 0 Å². The molecule has 1 saturated carbocycles. The quantitative estimate of drug-likeness (QED) is 0.496. The van der Waals surface area contributed by atoms with Crippen molar-refractivity contribution in [3.63, 3.8) is 0 Å². The van der Waals surface area contributed by atoms with Gasteiger partial charge in [-0.1, -0.05) is 0 Å². The van der Waals surface area contributed by atoms with Gasteiger partial charge in [0.25, 0.3) is 0 Å². The number of halogens is 1. The van der Waals surface area contributed by atoms with E-state index in [0.29, 0.717) is 25.7 Å². The molecular weight excluding hydrogens is 288 g/mol. The molecule has 1 aliphatic carbocycles. The number of carbonyl (C=O) groups is 1. The molecule has 1 fully saturated rings. The Labute approximate surface area is 119 Å². The lowest BCUT2D eigenvalue weighted by Crippen LogP contribution is -2.29. The van der Waals surface area contributed by atoms with Crippen LogP contribution in [0.4, 0.5) is 11.5 Å². The van der Waals surface area contributed by atoms with Gasteiger partial charge < -0.3 is 10.4 Å². The fourth-order valence-electron chi connectivity index (χ4n) is 2.27. The smallest absolute Gasteiger partial charge is 0.329 e. The fourth-order valence-corrected chi connectivity index (χ4v) is 2.41. The van der Waals surface area contributed by atoms with E-state index in [9.17, 15) is 14.9 Å². The standard InChI is InChI=1S/C11H13ClN4O4/c12-11-13-5-8(16(19)20)9(15-11)14-7-3-1-6(2-4-7)10(17)18/h5-7H,1-4H2,(H,17,18)(H,13,14,15)/t6-,7-. The predicted octanol–water partition coefficient (Wildman–Crippen LogP) is 2.09. The number of rotatable bonds is 4. The Morgan fingerprint density at radius 2 is 2.10 bits per heavy atom. The lowest BCUT2D eigenvalue weighted by molar-refractivity contribution is -0.384. The van der Waals surface area contributed by atoms with Gasteiger partial charge in [-0.3, -0.25) is 14.9 Å². The summed E-state index contributed by atoms with van der Waals surface area (Å²) in [5, 5.41) is 22.7. The summed E-state index contributed by atoms with van der Waals surface area (Å²) in [5.41, 5.74) is -0.241. The normalized spacial score (nSPS) is 22.2. The van der Waals surface area contributed by atoms with Gasteiger partial charge in [0.2, 0.25) is 11.1 Å². The third-order valence-electron chi connectivity index (χ3n) is 3.35. The van der Waals surface area contributed by atoms with Crippen molar-refractivity contribution in [2.24, 2.45) is 5.92 Å². The number of aliphatic carboxylic acids is 1. The van der Waals surface area contributed by atoms with E-state index in [2.05, 4.69) is 15.3 Å². The fraction of sp³-hybridized carbons (Fsp3) is 0.545. The molecule has 1 aromatic heterocycles. The summed E-state index contributed by atoms with van der Waals surface area (Å²) < 4.78 is 0. The maximum Gasteiger partial charge on any atom is 0.329 e. The van der Waals surface area contributed by atoms with Crippen LogP contribution in [0.25, 0.3) is 0 Å². The average molecular weight is 301 g/mol. The first-order chi connectivity index (χ1) is 9.47. The van der Waals surface area contributed by atoms with E-state index >= 15 is 0 Å². The van der Waals surface area contributed by atoms with E-state index in [4.69, 9.17) is 16.7 Å². The van der Waals surface area contributed by atoms with Crippen molar-refractivity contribution < 1.29 is 14.8 Å². The highest BCUT2D eigenvalue weighted by molar-refractivity contribution is 6.28. The molecule has 0 aromatic carbocycles. The number of carboxylic acid groups (broad SMARTS) is 1. The Bertz CT molecular complexity index is 531. The summed E-state index contributed by atoms with van der Waals surface area (Å²) in [6.07, 6.45) is 3.38. The first-order valence-corrected chi connectivity index (χ1v) is 6.51. The molecule has 2 rings (SSSR count). The number of nitrogens with zero attached hydrogens (tertiary/aromatic N) is 3. The van der Waals surface area contributed by atoms with Crippen LogP contribution in [0.5, 0.6) is 0 Å². The van der Waals surface area contributed by atoms with Crippen LogP contribution in [0.1, 0.15) is 25.7 Å². The zero-order chi connectivity index (χ0) is 14.7. The van der Waals surface area contributed by atoms with Gasteiger partial charge >= 0.3 is 11.7 Å².